The van der Waals surface area contributed by atoms with Crippen molar-refractivity contribution in [2.75, 3.05) is 14.1 Å². The van der Waals surface area contributed by atoms with Crippen molar-refractivity contribution in [1.29, 1.82) is 0 Å². The van der Waals surface area contributed by atoms with Crippen LogP contribution in [0.25, 0.3) is 0 Å². The van der Waals surface area contributed by atoms with Crippen molar-refractivity contribution in [1.82, 2.24) is 4.90 Å². The van der Waals surface area contributed by atoms with E-state index in [9.17, 15) is 0 Å². The zero-order chi connectivity index (χ0) is 7.56. The molecule has 0 heterocycles. The van der Waals surface area contributed by atoms with Crippen LogP contribution in [0.2, 0.25) is 0 Å². The van der Waals surface area contributed by atoms with Gasteiger partial charge in [-0.3, -0.25) is 0 Å². The van der Waals surface area contributed by atoms with Gasteiger partial charge in [-0.05, 0) is 18.4 Å². The fourth-order valence-electron chi connectivity index (χ4n) is 1.12. The van der Waals surface area contributed by atoms with Crippen LogP contribution in [0, 0.1) is 5.92 Å². The summed E-state index contributed by atoms with van der Waals surface area (Å²) in [4.78, 5) is 2.14. The molecule has 0 amide bonds. The van der Waals surface area contributed by atoms with E-state index in [1.165, 1.54) is 12.1 Å². The first-order valence-corrected chi connectivity index (χ1v) is 3.76. The van der Waals surface area contributed by atoms with Crippen molar-refractivity contribution < 1.29 is 0 Å². The smallest absolute Gasteiger partial charge is 0.0320 e. The molecule has 0 aromatic rings. The average molecular weight is 137 g/mol. The molecule has 10 heavy (non-hydrogen) atoms. The summed E-state index contributed by atoms with van der Waals surface area (Å²) in [7, 11) is 4.16. The summed E-state index contributed by atoms with van der Waals surface area (Å²) >= 11 is 0. The van der Waals surface area contributed by atoms with Crippen LogP contribution in [0.5, 0.6) is 0 Å². The quantitative estimate of drug-likeness (QED) is 0.534. The molecule has 1 atom stereocenters. The number of rotatable bonds is 1. The maximum Gasteiger partial charge on any atom is 0.0320 e. The van der Waals surface area contributed by atoms with Crippen molar-refractivity contribution in [3.05, 3.63) is 23.9 Å². The van der Waals surface area contributed by atoms with Crippen molar-refractivity contribution in [3.63, 3.8) is 0 Å². The van der Waals surface area contributed by atoms with Crippen LogP contribution < -0.4 is 0 Å². The Hall–Kier alpha value is -0.720. The van der Waals surface area contributed by atoms with E-state index >= 15 is 0 Å². The highest BCUT2D eigenvalue weighted by atomic mass is 15.1. The molecule has 0 aromatic carbocycles. The summed E-state index contributed by atoms with van der Waals surface area (Å²) in [5.41, 5.74) is 1.33. The molecule has 0 aromatic heterocycles. The molecule has 1 heteroatoms. The third kappa shape index (κ3) is 1.63. The highest BCUT2D eigenvalue weighted by Crippen LogP contribution is 2.16. The largest absolute Gasteiger partial charge is 0.378 e. The second-order valence-corrected chi connectivity index (χ2v) is 3.10. The van der Waals surface area contributed by atoms with Gasteiger partial charge in [0.2, 0.25) is 0 Å². The minimum absolute atomic E-state index is 0.711. The fraction of sp³-hybridized carbons (Fsp3) is 0.556. The number of hydrogen-bond donors (Lipinski definition) is 0. The normalized spacial score (nSPS) is 24.3. The van der Waals surface area contributed by atoms with Gasteiger partial charge < -0.3 is 4.90 Å². The van der Waals surface area contributed by atoms with Gasteiger partial charge in [0.1, 0.15) is 0 Å². The highest BCUT2D eigenvalue weighted by molar-refractivity contribution is 5.21. The summed E-state index contributed by atoms with van der Waals surface area (Å²) in [6.45, 7) is 2.24. The predicted octanol–water partition coefficient (Wildman–Crippen LogP) is 2.03. The van der Waals surface area contributed by atoms with Crippen LogP contribution in [0.1, 0.15) is 13.3 Å². The standard InChI is InChI=1S/C9H15N/c1-8-5-4-6-9(7-8)10(2)3/h4,6-8H,5H2,1-3H3. The topological polar surface area (TPSA) is 3.24 Å². The van der Waals surface area contributed by atoms with E-state index in [0.29, 0.717) is 5.92 Å². The van der Waals surface area contributed by atoms with Crippen LogP contribution in [-0.2, 0) is 0 Å². The van der Waals surface area contributed by atoms with Crippen LogP contribution in [0.4, 0.5) is 0 Å². The fourth-order valence-corrected chi connectivity index (χ4v) is 1.12. The summed E-state index contributed by atoms with van der Waals surface area (Å²) in [6.07, 6.45) is 7.91. The molecule has 0 radical (unpaired) electrons. The van der Waals surface area contributed by atoms with Crippen molar-refractivity contribution in [2.45, 2.75) is 13.3 Å². The van der Waals surface area contributed by atoms with Crippen molar-refractivity contribution >= 4 is 0 Å². The lowest BCUT2D eigenvalue weighted by atomic mass is 10.0. The first-order chi connectivity index (χ1) is 4.70. The van der Waals surface area contributed by atoms with E-state index in [1.807, 2.05) is 0 Å². The van der Waals surface area contributed by atoms with Gasteiger partial charge in [-0.25, -0.2) is 0 Å². The minimum atomic E-state index is 0.711. The third-order valence-corrected chi connectivity index (χ3v) is 1.77. The summed E-state index contributed by atoms with van der Waals surface area (Å²) in [6, 6.07) is 0. The average Bonchev–Trinajstić information content (AvgIpc) is 1.88. The third-order valence-electron chi connectivity index (χ3n) is 1.77. The molecule has 1 aliphatic rings. The SMILES string of the molecule is CC1C=C(N(C)C)C=CC1. The lowest BCUT2D eigenvalue weighted by Gasteiger charge is -2.18. The van der Waals surface area contributed by atoms with Crippen molar-refractivity contribution in [3.8, 4) is 0 Å². The van der Waals surface area contributed by atoms with Gasteiger partial charge in [0, 0.05) is 19.8 Å². The molecule has 0 aliphatic heterocycles. The van der Waals surface area contributed by atoms with Crippen LogP contribution in [0.15, 0.2) is 23.9 Å². The van der Waals surface area contributed by atoms with E-state index < -0.39 is 0 Å². The molecule has 0 N–H and O–H groups in total. The molecule has 0 fully saturated rings. The first kappa shape index (κ1) is 7.39. The van der Waals surface area contributed by atoms with Gasteiger partial charge in [-0.2, -0.15) is 0 Å². The summed E-state index contributed by atoms with van der Waals surface area (Å²) < 4.78 is 0. The Kier molecular flexibility index (Phi) is 2.15. The predicted molar refractivity (Wildman–Crippen MR) is 44.7 cm³/mol. The van der Waals surface area contributed by atoms with Gasteiger partial charge in [-0.15, -0.1) is 0 Å². The van der Waals surface area contributed by atoms with E-state index in [4.69, 9.17) is 0 Å². The molecule has 0 bridgehead atoms. The van der Waals surface area contributed by atoms with E-state index in [-0.39, 0.29) is 0 Å². The van der Waals surface area contributed by atoms with Gasteiger partial charge in [-0.1, -0.05) is 19.1 Å². The zero-order valence-electron chi connectivity index (χ0n) is 6.96. The van der Waals surface area contributed by atoms with Gasteiger partial charge in [0.25, 0.3) is 0 Å². The van der Waals surface area contributed by atoms with Crippen LogP contribution >= 0.6 is 0 Å². The number of likely N-dealkylation sites (N-methyl/N-ethyl adjacent to an activating group) is 1. The Morgan fingerprint density at radius 1 is 1.50 bits per heavy atom. The molecular weight excluding hydrogens is 122 g/mol. The second kappa shape index (κ2) is 2.91. The number of hydrogen-bond acceptors (Lipinski definition) is 1. The molecule has 1 nitrogen and oxygen atoms in total. The lowest BCUT2D eigenvalue weighted by Crippen LogP contribution is -2.12. The Labute approximate surface area is 63.0 Å². The van der Waals surface area contributed by atoms with Crippen LogP contribution in [0.3, 0.4) is 0 Å². The Bertz CT molecular complexity index is 166. The van der Waals surface area contributed by atoms with Crippen LogP contribution in [-0.4, -0.2) is 19.0 Å². The molecule has 0 saturated heterocycles. The maximum atomic E-state index is 2.31. The van der Waals surface area contributed by atoms with E-state index in [2.05, 4.69) is 44.1 Å². The molecule has 1 aliphatic carbocycles. The number of nitrogens with zero attached hydrogens (tertiary/aromatic N) is 1. The molecular formula is C9H15N. The monoisotopic (exact) mass is 137 g/mol. The van der Waals surface area contributed by atoms with Gasteiger partial charge in [0.05, 0.1) is 0 Å². The molecule has 0 saturated carbocycles. The number of allylic oxidation sites excluding steroid dienone is 3. The van der Waals surface area contributed by atoms with Crippen molar-refractivity contribution in [2.24, 2.45) is 5.92 Å². The lowest BCUT2D eigenvalue weighted by molar-refractivity contribution is 0.513. The summed E-state index contributed by atoms with van der Waals surface area (Å²) in [5.74, 6) is 0.711. The molecule has 56 valence electrons. The highest BCUT2D eigenvalue weighted by Gasteiger charge is 2.03. The first-order valence-electron chi connectivity index (χ1n) is 3.76. The zero-order valence-corrected chi connectivity index (χ0v) is 6.96. The Morgan fingerprint density at radius 2 is 2.20 bits per heavy atom. The maximum absolute atomic E-state index is 2.31. The summed E-state index contributed by atoms with van der Waals surface area (Å²) in [5, 5.41) is 0. The van der Waals surface area contributed by atoms with E-state index in [1.54, 1.807) is 0 Å². The van der Waals surface area contributed by atoms with E-state index in [0.717, 1.165) is 0 Å². The van der Waals surface area contributed by atoms with Gasteiger partial charge >= 0.3 is 0 Å². The molecule has 1 rings (SSSR count). The molecule has 0 spiro atoms. The minimum Gasteiger partial charge on any atom is -0.378 e. The Balaban J connectivity index is 2.66. The second-order valence-electron chi connectivity index (χ2n) is 3.10. The Morgan fingerprint density at radius 3 is 2.60 bits per heavy atom. The molecule has 1 unspecified atom stereocenters. The van der Waals surface area contributed by atoms with Gasteiger partial charge in [0.15, 0.2) is 0 Å².